The van der Waals surface area contributed by atoms with Crippen LogP contribution in [0.2, 0.25) is 0 Å². The Bertz CT molecular complexity index is 405. The van der Waals surface area contributed by atoms with Gasteiger partial charge in [0.2, 0.25) is 0 Å². The topological polar surface area (TPSA) is 45.3 Å². The second-order valence-corrected chi connectivity index (χ2v) is 5.53. The predicted molar refractivity (Wildman–Crippen MR) is 73.7 cm³/mol. The van der Waals surface area contributed by atoms with E-state index in [1.165, 1.54) is 0 Å². The van der Waals surface area contributed by atoms with Gasteiger partial charge in [-0.1, -0.05) is 6.92 Å². The molecule has 1 aromatic rings. The van der Waals surface area contributed by atoms with E-state index in [9.17, 15) is 4.79 Å². The summed E-state index contributed by atoms with van der Waals surface area (Å²) >= 11 is 3.34. The van der Waals surface area contributed by atoms with Crippen molar-refractivity contribution < 1.29 is 9.53 Å². The van der Waals surface area contributed by atoms with Crippen molar-refractivity contribution in [3.8, 4) is 0 Å². The number of carbonyl (C=O) groups is 1. The lowest BCUT2D eigenvalue weighted by Gasteiger charge is -2.32. The first kappa shape index (κ1) is 13.6. The number of rotatable bonds is 4. The highest BCUT2D eigenvalue weighted by atomic mass is 79.9. The molecule has 0 spiro atoms. The van der Waals surface area contributed by atoms with E-state index in [2.05, 4.69) is 27.8 Å². The first-order valence-corrected chi connectivity index (χ1v) is 7.24. The van der Waals surface area contributed by atoms with E-state index in [1.54, 1.807) is 6.20 Å². The fraction of sp³-hybridized carbons (Fsp3) is 0.615. The Hall–Kier alpha value is -0.810. The molecule has 2 heterocycles. The lowest BCUT2D eigenvalue weighted by atomic mass is 10.1. The van der Waals surface area contributed by atoms with E-state index in [0.717, 1.165) is 36.9 Å². The molecule has 1 aliphatic heterocycles. The number of aromatic nitrogens is 1. The fourth-order valence-corrected chi connectivity index (χ4v) is 2.55. The zero-order valence-corrected chi connectivity index (χ0v) is 12.2. The van der Waals surface area contributed by atoms with Gasteiger partial charge in [-0.05, 0) is 41.3 Å². The first-order valence-electron chi connectivity index (χ1n) is 6.45. The van der Waals surface area contributed by atoms with Gasteiger partial charge in [-0.25, -0.2) is 0 Å². The van der Waals surface area contributed by atoms with Crippen LogP contribution in [0.1, 0.15) is 36.7 Å². The molecular formula is C13H19BrN2O2. The number of carbonyl (C=O) groups excluding carboxylic acids is 1. The largest absolute Gasteiger partial charge is 0.376 e. The van der Waals surface area contributed by atoms with Gasteiger partial charge in [0.05, 0.1) is 6.10 Å². The Morgan fingerprint density at radius 1 is 1.67 bits per heavy atom. The van der Waals surface area contributed by atoms with Gasteiger partial charge in [0.25, 0.3) is 5.91 Å². The number of hydrogen-bond donors (Lipinski definition) is 1. The van der Waals surface area contributed by atoms with Crippen molar-refractivity contribution in [2.24, 2.45) is 0 Å². The summed E-state index contributed by atoms with van der Waals surface area (Å²) in [5.41, 5.74) is 0.637. The van der Waals surface area contributed by atoms with E-state index in [4.69, 9.17) is 4.74 Å². The van der Waals surface area contributed by atoms with Crippen LogP contribution in [0.3, 0.4) is 0 Å². The molecule has 1 atom stereocenters. The molecule has 0 aliphatic carbocycles. The number of amides is 1. The van der Waals surface area contributed by atoms with E-state index >= 15 is 0 Å². The molecule has 4 nitrogen and oxygen atoms in total. The fourth-order valence-electron chi connectivity index (χ4n) is 2.20. The smallest absolute Gasteiger partial charge is 0.270 e. The summed E-state index contributed by atoms with van der Waals surface area (Å²) in [6.07, 6.45) is 5.07. The number of nitrogens with one attached hydrogen (secondary N) is 1. The van der Waals surface area contributed by atoms with Crippen LogP contribution in [0.15, 0.2) is 16.7 Å². The van der Waals surface area contributed by atoms with E-state index < -0.39 is 0 Å². The number of aromatic amines is 1. The molecule has 1 aromatic heterocycles. The Morgan fingerprint density at radius 3 is 3.17 bits per heavy atom. The van der Waals surface area contributed by atoms with Gasteiger partial charge in [0.15, 0.2) is 0 Å². The lowest BCUT2D eigenvalue weighted by molar-refractivity contribution is 0.00194. The monoisotopic (exact) mass is 314 g/mol. The summed E-state index contributed by atoms with van der Waals surface area (Å²) in [6, 6.07) is 1.82. The summed E-state index contributed by atoms with van der Waals surface area (Å²) in [5.74, 6) is 0.0606. The van der Waals surface area contributed by atoms with Crippen LogP contribution in [0.25, 0.3) is 0 Å². The van der Waals surface area contributed by atoms with Gasteiger partial charge in [0, 0.05) is 30.4 Å². The molecule has 0 saturated carbocycles. The van der Waals surface area contributed by atoms with Crippen LogP contribution in [0.5, 0.6) is 0 Å². The Balaban J connectivity index is 1.94. The highest BCUT2D eigenvalue weighted by molar-refractivity contribution is 9.10. The molecule has 1 amide bonds. The van der Waals surface area contributed by atoms with Crippen LogP contribution in [-0.2, 0) is 4.74 Å². The minimum Gasteiger partial charge on any atom is -0.376 e. The quantitative estimate of drug-likeness (QED) is 0.928. The maximum absolute atomic E-state index is 12.3. The third-order valence-corrected chi connectivity index (χ3v) is 3.56. The van der Waals surface area contributed by atoms with Crippen molar-refractivity contribution in [2.45, 2.75) is 32.3 Å². The van der Waals surface area contributed by atoms with Gasteiger partial charge in [0.1, 0.15) is 5.69 Å². The van der Waals surface area contributed by atoms with Crippen molar-refractivity contribution >= 4 is 21.8 Å². The minimum atomic E-state index is 0.0606. The molecule has 0 bridgehead atoms. The molecule has 1 aliphatic rings. The third kappa shape index (κ3) is 3.36. The van der Waals surface area contributed by atoms with Gasteiger partial charge in [-0.3, -0.25) is 4.79 Å². The molecule has 18 heavy (non-hydrogen) atoms. The number of ether oxygens (including phenoxy) is 1. The van der Waals surface area contributed by atoms with Crippen molar-refractivity contribution in [3.63, 3.8) is 0 Å². The van der Waals surface area contributed by atoms with Crippen molar-refractivity contribution in [3.05, 3.63) is 22.4 Å². The molecular weight excluding hydrogens is 296 g/mol. The summed E-state index contributed by atoms with van der Waals surface area (Å²) in [7, 11) is 0. The second-order valence-electron chi connectivity index (χ2n) is 4.62. The van der Waals surface area contributed by atoms with Crippen molar-refractivity contribution in [1.29, 1.82) is 0 Å². The zero-order chi connectivity index (χ0) is 13.0. The normalized spacial score (nSPS) is 20.1. The summed E-state index contributed by atoms with van der Waals surface area (Å²) < 4.78 is 6.64. The van der Waals surface area contributed by atoms with Gasteiger partial charge in [-0.15, -0.1) is 0 Å². The van der Waals surface area contributed by atoms with E-state index in [-0.39, 0.29) is 12.0 Å². The van der Waals surface area contributed by atoms with Crippen LogP contribution >= 0.6 is 15.9 Å². The highest BCUT2D eigenvalue weighted by Crippen LogP contribution is 2.18. The number of nitrogens with zero attached hydrogens (tertiary/aromatic N) is 1. The maximum atomic E-state index is 12.3. The SMILES string of the molecule is CCCOC1CCCN(C(=O)c2cc(Br)c[nH]2)C1. The summed E-state index contributed by atoms with van der Waals surface area (Å²) in [4.78, 5) is 17.1. The van der Waals surface area contributed by atoms with Crippen LogP contribution in [-0.4, -0.2) is 41.6 Å². The van der Waals surface area contributed by atoms with E-state index in [1.807, 2.05) is 11.0 Å². The number of H-pyrrole nitrogens is 1. The molecule has 1 unspecified atom stereocenters. The molecule has 1 N–H and O–H groups in total. The van der Waals surface area contributed by atoms with Gasteiger partial charge < -0.3 is 14.6 Å². The van der Waals surface area contributed by atoms with Crippen LogP contribution in [0, 0.1) is 0 Å². The van der Waals surface area contributed by atoms with E-state index in [0.29, 0.717) is 12.2 Å². The number of piperidine rings is 1. The third-order valence-electron chi connectivity index (χ3n) is 3.10. The van der Waals surface area contributed by atoms with Crippen molar-refractivity contribution in [1.82, 2.24) is 9.88 Å². The Labute approximate surface area is 116 Å². The summed E-state index contributed by atoms with van der Waals surface area (Å²) in [5, 5.41) is 0. The lowest BCUT2D eigenvalue weighted by Crippen LogP contribution is -2.43. The Morgan fingerprint density at radius 2 is 2.50 bits per heavy atom. The highest BCUT2D eigenvalue weighted by Gasteiger charge is 2.25. The number of halogens is 1. The second kappa shape index (κ2) is 6.38. The zero-order valence-electron chi connectivity index (χ0n) is 10.6. The molecule has 100 valence electrons. The molecule has 0 radical (unpaired) electrons. The van der Waals surface area contributed by atoms with Crippen LogP contribution < -0.4 is 0 Å². The average Bonchev–Trinajstić information content (AvgIpc) is 2.82. The maximum Gasteiger partial charge on any atom is 0.270 e. The standard InChI is InChI=1S/C13H19BrN2O2/c1-2-6-18-11-4-3-5-16(9-11)13(17)12-7-10(14)8-15-12/h7-8,11,15H,2-6,9H2,1H3. The minimum absolute atomic E-state index is 0.0606. The molecule has 1 saturated heterocycles. The molecule has 2 rings (SSSR count). The summed E-state index contributed by atoms with van der Waals surface area (Å²) in [6.45, 7) is 4.40. The first-order chi connectivity index (χ1) is 8.70. The van der Waals surface area contributed by atoms with Crippen LogP contribution in [0.4, 0.5) is 0 Å². The number of hydrogen-bond acceptors (Lipinski definition) is 2. The number of likely N-dealkylation sites (tertiary alicyclic amines) is 1. The predicted octanol–water partition coefficient (Wildman–Crippen LogP) is 2.81. The molecule has 1 fully saturated rings. The molecule has 5 heteroatoms. The average molecular weight is 315 g/mol. The molecule has 0 aromatic carbocycles. The Kier molecular flexibility index (Phi) is 4.83. The van der Waals surface area contributed by atoms with Gasteiger partial charge in [-0.2, -0.15) is 0 Å². The van der Waals surface area contributed by atoms with Crippen molar-refractivity contribution in [2.75, 3.05) is 19.7 Å². The van der Waals surface area contributed by atoms with Gasteiger partial charge >= 0.3 is 0 Å².